The lowest BCUT2D eigenvalue weighted by Crippen LogP contribution is -2.49. The number of piperidine rings is 1. The van der Waals surface area contributed by atoms with Crippen molar-refractivity contribution in [2.24, 2.45) is 11.8 Å². The second-order valence-corrected chi connectivity index (χ2v) is 11.9. The highest BCUT2D eigenvalue weighted by Gasteiger charge is 2.40. The minimum Gasteiger partial charge on any atom is -0.493 e. The van der Waals surface area contributed by atoms with Crippen LogP contribution in [0.2, 0.25) is 0 Å². The first kappa shape index (κ1) is 26.9. The van der Waals surface area contributed by atoms with Gasteiger partial charge in [0.15, 0.2) is 11.5 Å². The molecule has 2 aromatic carbocycles. The van der Waals surface area contributed by atoms with Crippen molar-refractivity contribution in [2.75, 3.05) is 40.5 Å². The number of hydrogen-bond acceptors (Lipinski definition) is 7. The van der Waals surface area contributed by atoms with Crippen LogP contribution in [0, 0.1) is 18.8 Å². The van der Waals surface area contributed by atoms with Crippen molar-refractivity contribution in [1.29, 1.82) is 0 Å². The van der Waals surface area contributed by atoms with Crippen LogP contribution in [0.15, 0.2) is 41.3 Å². The summed E-state index contributed by atoms with van der Waals surface area (Å²) >= 11 is 0. The maximum Gasteiger partial charge on any atom is 0.297 e. The average Bonchev–Trinajstić information content (AvgIpc) is 2.85. The van der Waals surface area contributed by atoms with Gasteiger partial charge in [-0.3, -0.25) is 9.08 Å². The number of aryl methyl sites for hydroxylation is 1. The molecule has 4 rings (SSSR count). The van der Waals surface area contributed by atoms with E-state index in [1.807, 2.05) is 6.92 Å². The Kier molecular flexibility index (Phi) is 8.60. The second-order valence-electron chi connectivity index (χ2n) is 10.3. The SMILES string of the molecule is COc1cc2c(cc1OC)[C@H]1C[C@@H](OCCOS(=O)(=O)c3ccc(C)cc3)[C@H](CC(C)C)CN1CC2. The number of benzene rings is 2. The van der Waals surface area contributed by atoms with Gasteiger partial charge >= 0.3 is 0 Å². The predicted octanol–water partition coefficient (Wildman–Crippen LogP) is 4.77. The molecule has 1 saturated heterocycles. The van der Waals surface area contributed by atoms with Crippen LogP contribution >= 0.6 is 0 Å². The molecule has 2 heterocycles. The maximum atomic E-state index is 12.5. The quantitative estimate of drug-likeness (QED) is 0.332. The molecule has 8 heteroatoms. The zero-order valence-electron chi connectivity index (χ0n) is 22.0. The van der Waals surface area contributed by atoms with Gasteiger partial charge in [0.1, 0.15) is 0 Å². The van der Waals surface area contributed by atoms with Crippen LogP contribution in [-0.2, 0) is 25.5 Å². The van der Waals surface area contributed by atoms with Crippen LogP contribution in [0.4, 0.5) is 0 Å². The third-order valence-corrected chi connectivity index (χ3v) is 8.63. The number of hydrogen-bond donors (Lipinski definition) is 0. The van der Waals surface area contributed by atoms with Crippen molar-refractivity contribution in [1.82, 2.24) is 4.90 Å². The normalized spacial score (nSPS) is 22.2. The largest absolute Gasteiger partial charge is 0.493 e. The highest BCUT2D eigenvalue weighted by Crippen LogP contribution is 2.44. The molecule has 0 amide bonds. The second kappa shape index (κ2) is 11.5. The zero-order chi connectivity index (χ0) is 25.9. The maximum absolute atomic E-state index is 12.5. The zero-order valence-corrected chi connectivity index (χ0v) is 22.8. The fraction of sp³-hybridized carbons (Fsp3) is 0.571. The van der Waals surface area contributed by atoms with E-state index in [4.69, 9.17) is 18.4 Å². The molecule has 0 unspecified atom stereocenters. The first-order chi connectivity index (χ1) is 17.2. The first-order valence-electron chi connectivity index (χ1n) is 12.8. The summed E-state index contributed by atoms with van der Waals surface area (Å²) in [5, 5.41) is 0. The molecule has 0 bridgehead atoms. The summed E-state index contributed by atoms with van der Waals surface area (Å²) < 4.78 is 47.8. The van der Waals surface area contributed by atoms with Crippen LogP contribution in [0.1, 0.15) is 49.4 Å². The lowest BCUT2D eigenvalue weighted by molar-refractivity contribution is -0.0693. The molecule has 0 saturated carbocycles. The molecular weight excluding hydrogens is 478 g/mol. The van der Waals surface area contributed by atoms with Gasteiger partial charge in [0.05, 0.1) is 38.4 Å². The van der Waals surface area contributed by atoms with Crippen molar-refractivity contribution in [3.8, 4) is 11.5 Å². The lowest BCUT2D eigenvalue weighted by atomic mass is 9.79. The number of ether oxygens (including phenoxy) is 3. The van der Waals surface area contributed by atoms with E-state index in [1.165, 1.54) is 11.1 Å². The van der Waals surface area contributed by atoms with Gasteiger partial charge < -0.3 is 14.2 Å². The number of fused-ring (bicyclic) bond motifs is 3. The first-order valence-corrected chi connectivity index (χ1v) is 14.2. The van der Waals surface area contributed by atoms with Gasteiger partial charge in [0.25, 0.3) is 10.1 Å². The Morgan fingerprint density at radius 1 is 1.03 bits per heavy atom. The Morgan fingerprint density at radius 3 is 2.39 bits per heavy atom. The Balaban J connectivity index is 1.45. The van der Waals surface area contributed by atoms with Crippen LogP contribution in [-0.4, -0.2) is 59.9 Å². The number of rotatable bonds is 10. The van der Waals surface area contributed by atoms with Gasteiger partial charge in [0, 0.05) is 19.1 Å². The number of nitrogens with zero attached hydrogens (tertiary/aromatic N) is 1. The topological polar surface area (TPSA) is 74.3 Å². The van der Waals surface area contributed by atoms with E-state index in [-0.39, 0.29) is 30.3 Å². The Morgan fingerprint density at radius 2 is 1.72 bits per heavy atom. The van der Waals surface area contributed by atoms with Gasteiger partial charge in [0.2, 0.25) is 0 Å². The molecule has 1 fully saturated rings. The average molecular weight is 518 g/mol. The fourth-order valence-corrected chi connectivity index (χ4v) is 6.45. The Bertz CT molecular complexity index is 1130. The van der Waals surface area contributed by atoms with Crippen LogP contribution in [0.25, 0.3) is 0 Å². The fourth-order valence-electron chi connectivity index (χ4n) is 5.56. The van der Waals surface area contributed by atoms with Crippen molar-refractivity contribution >= 4 is 10.1 Å². The van der Waals surface area contributed by atoms with E-state index < -0.39 is 10.1 Å². The highest BCUT2D eigenvalue weighted by atomic mass is 32.2. The van der Waals surface area contributed by atoms with E-state index in [9.17, 15) is 8.42 Å². The van der Waals surface area contributed by atoms with Gasteiger partial charge in [-0.2, -0.15) is 8.42 Å². The minimum atomic E-state index is -3.80. The summed E-state index contributed by atoms with van der Waals surface area (Å²) in [5.41, 5.74) is 3.57. The van der Waals surface area contributed by atoms with Crippen LogP contribution in [0.5, 0.6) is 11.5 Å². The molecule has 198 valence electrons. The molecule has 36 heavy (non-hydrogen) atoms. The third kappa shape index (κ3) is 6.05. The predicted molar refractivity (Wildman–Crippen MR) is 139 cm³/mol. The summed E-state index contributed by atoms with van der Waals surface area (Å²) in [7, 11) is -0.464. The molecule has 7 nitrogen and oxygen atoms in total. The monoisotopic (exact) mass is 517 g/mol. The molecule has 0 aliphatic carbocycles. The summed E-state index contributed by atoms with van der Waals surface area (Å²) in [6.07, 6.45) is 2.93. The van der Waals surface area contributed by atoms with E-state index in [2.05, 4.69) is 30.9 Å². The smallest absolute Gasteiger partial charge is 0.297 e. The van der Waals surface area contributed by atoms with Gasteiger partial charge in [-0.05, 0) is 73.4 Å². The molecule has 0 spiro atoms. The van der Waals surface area contributed by atoms with Gasteiger partial charge in [-0.25, -0.2) is 0 Å². The molecule has 0 radical (unpaired) electrons. The van der Waals surface area contributed by atoms with Crippen molar-refractivity contribution < 1.29 is 26.8 Å². The third-order valence-electron chi connectivity index (χ3n) is 7.30. The summed E-state index contributed by atoms with van der Waals surface area (Å²) in [4.78, 5) is 2.74. The molecule has 2 aliphatic heterocycles. The molecule has 2 aliphatic rings. The Labute approximate surface area is 215 Å². The van der Waals surface area contributed by atoms with Crippen LogP contribution in [0.3, 0.4) is 0 Å². The van der Waals surface area contributed by atoms with E-state index in [1.54, 1.807) is 38.5 Å². The van der Waals surface area contributed by atoms with Gasteiger partial charge in [-0.1, -0.05) is 31.5 Å². The number of methoxy groups -OCH3 is 2. The molecule has 0 N–H and O–H groups in total. The lowest BCUT2D eigenvalue weighted by Gasteiger charge is -2.47. The molecule has 3 atom stereocenters. The van der Waals surface area contributed by atoms with Crippen molar-refractivity contribution in [2.45, 2.75) is 57.1 Å². The van der Waals surface area contributed by atoms with Gasteiger partial charge in [-0.15, -0.1) is 0 Å². The highest BCUT2D eigenvalue weighted by molar-refractivity contribution is 7.86. The standard InChI is InChI=1S/C28H39NO6S/c1-19(2)14-22-18-29-11-10-21-15-27(32-4)28(33-5)16-24(21)25(29)17-26(22)34-12-13-35-36(30,31)23-8-6-20(3)7-9-23/h6-9,15-16,19,22,25-26H,10-14,17-18H2,1-5H3/t22-,25-,26-/m1/s1. The molecule has 0 aromatic heterocycles. The Hall–Kier alpha value is -2.13. The van der Waals surface area contributed by atoms with Crippen molar-refractivity contribution in [3.63, 3.8) is 0 Å². The van der Waals surface area contributed by atoms with E-state index >= 15 is 0 Å². The van der Waals surface area contributed by atoms with E-state index in [0.717, 1.165) is 49.4 Å². The summed E-state index contributed by atoms with van der Waals surface area (Å²) in [6.45, 7) is 8.59. The van der Waals surface area contributed by atoms with Crippen molar-refractivity contribution in [3.05, 3.63) is 53.1 Å². The van der Waals surface area contributed by atoms with E-state index in [0.29, 0.717) is 11.8 Å². The molecular formula is C28H39NO6S. The van der Waals surface area contributed by atoms with Crippen LogP contribution < -0.4 is 9.47 Å². The minimum absolute atomic E-state index is 0.00288. The molecule has 2 aromatic rings. The summed E-state index contributed by atoms with van der Waals surface area (Å²) in [6, 6.07) is 11.1. The summed E-state index contributed by atoms with van der Waals surface area (Å²) in [5.74, 6) is 2.45.